The maximum atomic E-state index is 12.5. The number of rotatable bonds is 9. The number of hydrogen-bond donors (Lipinski definition) is 2. The first kappa shape index (κ1) is 21.5. The van der Waals surface area contributed by atoms with Gasteiger partial charge in [-0.25, -0.2) is 8.42 Å². The van der Waals surface area contributed by atoms with Gasteiger partial charge in [0.15, 0.2) is 0 Å². The lowest BCUT2D eigenvalue weighted by atomic mass is 10.2. The van der Waals surface area contributed by atoms with E-state index >= 15 is 0 Å². The van der Waals surface area contributed by atoms with Gasteiger partial charge in [-0.3, -0.25) is 4.79 Å². The van der Waals surface area contributed by atoms with Crippen LogP contribution in [0.4, 0.5) is 0 Å². The van der Waals surface area contributed by atoms with E-state index in [9.17, 15) is 13.2 Å². The van der Waals surface area contributed by atoms with Crippen LogP contribution in [0.15, 0.2) is 59.5 Å². The quantitative estimate of drug-likeness (QED) is 0.606. The van der Waals surface area contributed by atoms with Crippen LogP contribution in [-0.4, -0.2) is 51.9 Å². The molecule has 1 unspecified atom stereocenters. The normalized spacial score (nSPS) is 15.9. The average molecular weight is 417 g/mol. The third-order valence-corrected chi connectivity index (χ3v) is 7.15. The first-order chi connectivity index (χ1) is 14.0. The van der Waals surface area contributed by atoms with Crippen LogP contribution in [0.25, 0.3) is 0 Å². The van der Waals surface area contributed by atoms with Crippen LogP contribution in [0.1, 0.15) is 35.2 Å². The van der Waals surface area contributed by atoms with Crippen LogP contribution >= 0.6 is 0 Å². The molecular formula is C22H30N3O3S+. The third-order valence-electron chi connectivity index (χ3n) is 5.23. The highest BCUT2D eigenvalue weighted by Gasteiger charge is 2.27. The summed E-state index contributed by atoms with van der Waals surface area (Å²) in [7, 11) is -1.29. The van der Waals surface area contributed by atoms with Crippen LogP contribution in [0.2, 0.25) is 0 Å². The van der Waals surface area contributed by atoms with Gasteiger partial charge in [0.2, 0.25) is 10.0 Å². The Kier molecular flexibility index (Phi) is 7.41. The summed E-state index contributed by atoms with van der Waals surface area (Å²) in [5.41, 5.74) is 1.79. The molecule has 2 aromatic rings. The summed E-state index contributed by atoms with van der Waals surface area (Å²) >= 11 is 0. The molecule has 1 fully saturated rings. The number of benzene rings is 2. The zero-order valence-corrected chi connectivity index (χ0v) is 17.7. The van der Waals surface area contributed by atoms with Crippen molar-refractivity contribution in [2.45, 2.75) is 30.7 Å². The van der Waals surface area contributed by atoms with E-state index in [2.05, 4.69) is 24.5 Å². The lowest BCUT2D eigenvalue weighted by Gasteiger charge is -2.16. The van der Waals surface area contributed by atoms with Crippen molar-refractivity contribution in [1.29, 1.82) is 0 Å². The standard InChI is InChI=1S/C22H29N3O3S/c1-24(18-19-8-3-2-4-9-19)15-7-14-23-22(26)20-10-12-21(13-11-20)29(27,28)25-16-5-6-17-25/h2-4,8-13H,5-7,14-18H2,1H3,(H,23,26)/p+1. The fourth-order valence-corrected chi connectivity index (χ4v) is 5.10. The zero-order chi connectivity index (χ0) is 20.7. The molecule has 0 aromatic heterocycles. The minimum Gasteiger partial charge on any atom is -0.352 e. The maximum Gasteiger partial charge on any atom is 0.251 e. The number of nitrogens with one attached hydrogen (secondary N) is 2. The third kappa shape index (κ3) is 5.88. The topological polar surface area (TPSA) is 70.9 Å². The molecule has 1 aliphatic heterocycles. The number of carbonyl (C=O) groups is 1. The molecular weight excluding hydrogens is 386 g/mol. The maximum absolute atomic E-state index is 12.5. The van der Waals surface area contributed by atoms with E-state index in [0.29, 0.717) is 25.2 Å². The smallest absolute Gasteiger partial charge is 0.251 e. The van der Waals surface area contributed by atoms with E-state index in [1.807, 2.05) is 18.2 Å². The number of nitrogens with zero attached hydrogens (tertiary/aromatic N) is 1. The lowest BCUT2D eigenvalue weighted by Crippen LogP contribution is -3.07. The Bertz CT molecular complexity index is 893. The number of sulfonamides is 1. The van der Waals surface area contributed by atoms with Crippen molar-refractivity contribution >= 4 is 15.9 Å². The van der Waals surface area contributed by atoms with Gasteiger partial charge in [-0.2, -0.15) is 4.31 Å². The molecule has 156 valence electrons. The predicted molar refractivity (Wildman–Crippen MR) is 113 cm³/mol. The fourth-order valence-electron chi connectivity index (χ4n) is 3.58. The Labute approximate surface area is 173 Å². The van der Waals surface area contributed by atoms with Gasteiger partial charge in [0.05, 0.1) is 18.5 Å². The molecule has 6 nitrogen and oxygen atoms in total. The molecule has 3 rings (SSSR count). The Morgan fingerprint density at radius 3 is 2.34 bits per heavy atom. The van der Waals surface area contributed by atoms with Crippen molar-refractivity contribution in [2.24, 2.45) is 0 Å². The summed E-state index contributed by atoms with van der Waals surface area (Å²) < 4.78 is 26.6. The second kappa shape index (κ2) is 10.0. The summed E-state index contributed by atoms with van der Waals surface area (Å²) in [6, 6.07) is 16.6. The highest BCUT2D eigenvalue weighted by Crippen LogP contribution is 2.21. The molecule has 2 N–H and O–H groups in total. The Balaban J connectivity index is 1.43. The minimum atomic E-state index is -3.44. The number of quaternary nitrogens is 1. The van der Waals surface area contributed by atoms with Gasteiger partial charge in [0.25, 0.3) is 5.91 Å². The Morgan fingerprint density at radius 2 is 1.69 bits per heavy atom. The molecule has 1 saturated heterocycles. The van der Waals surface area contributed by atoms with Crippen LogP contribution < -0.4 is 10.2 Å². The summed E-state index contributed by atoms with van der Waals surface area (Å²) in [4.78, 5) is 14.0. The van der Waals surface area contributed by atoms with Crippen molar-refractivity contribution in [3.8, 4) is 0 Å². The van der Waals surface area contributed by atoms with Crippen LogP contribution in [0.5, 0.6) is 0 Å². The van der Waals surface area contributed by atoms with Crippen LogP contribution in [0.3, 0.4) is 0 Å². The van der Waals surface area contributed by atoms with E-state index in [1.165, 1.54) is 26.9 Å². The van der Waals surface area contributed by atoms with Crippen molar-refractivity contribution < 1.29 is 18.1 Å². The second-order valence-corrected chi connectivity index (χ2v) is 9.55. The van der Waals surface area contributed by atoms with Gasteiger partial charge in [-0.15, -0.1) is 0 Å². The Hall–Kier alpha value is -2.22. The first-order valence-electron chi connectivity index (χ1n) is 10.2. The molecule has 7 heteroatoms. The van der Waals surface area contributed by atoms with Crippen molar-refractivity contribution in [2.75, 3.05) is 33.2 Å². The van der Waals surface area contributed by atoms with E-state index in [0.717, 1.165) is 32.4 Å². The number of carbonyl (C=O) groups excluding carboxylic acids is 1. The summed E-state index contributed by atoms with van der Waals surface area (Å²) in [6.45, 7) is 3.67. The van der Waals surface area contributed by atoms with E-state index in [4.69, 9.17) is 0 Å². The lowest BCUT2D eigenvalue weighted by molar-refractivity contribution is -0.893. The van der Waals surface area contributed by atoms with E-state index < -0.39 is 10.0 Å². The Morgan fingerprint density at radius 1 is 1.03 bits per heavy atom. The average Bonchev–Trinajstić information content (AvgIpc) is 3.28. The monoisotopic (exact) mass is 416 g/mol. The molecule has 2 aromatic carbocycles. The van der Waals surface area contributed by atoms with Crippen molar-refractivity contribution in [3.05, 3.63) is 65.7 Å². The van der Waals surface area contributed by atoms with Gasteiger partial charge < -0.3 is 10.2 Å². The van der Waals surface area contributed by atoms with Crippen LogP contribution in [-0.2, 0) is 16.6 Å². The highest BCUT2D eigenvalue weighted by atomic mass is 32.2. The van der Waals surface area contributed by atoms with Gasteiger partial charge in [0.1, 0.15) is 6.54 Å². The number of hydrogen-bond acceptors (Lipinski definition) is 3. The minimum absolute atomic E-state index is 0.171. The van der Waals surface area contributed by atoms with Gasteiger partial charge in [0, 0.05) is 37.2 Å². The SMILES string of the molecule is C[NH+](CCCNC(=O)c1ccc(S(=O)(=O)N2CCCC2)cc1)Cc1ccccc1. The molecule has 0 saturated carbocycles. The second-order valence-electron chi connectivity index (χ2n) is 7.61. The zero-order valence-electron chi connectivity index (χ0n) is 16.9. The van der Waals surface area contributed by atoms with Gasteiger partial charge >= 0.3 is 0 Å². The molecule has 0 radical (unpaired) electrons. The van der Waals surface area contributed by atoms with Crippen LogP contribution in [0, 0.1) is 0 Å². The largest absolute Gasteiger partial charge is 0.352 e. The molecule has 29 heavy (non-hydrogen) atoms. The fraction of sp³-hybridized carbons (Fsp3) is 0.409. The molecule has 1 atom stereocenters. The molecule has 1 amide bonds. The molecule has 0 spiro atoms. The number of amides is 1. The summed E-state index contributed by atoms with van der Waals surface area (Å²) in [6.07, 6.45) is 2.69. The molecule has 0 bridgehead atoms. The first-order valence-corrected chi connectivity index (χ1v) is 11.6. The molecule has 1 aliphatic rings. The van der Waals surface area contributed by atoms with Crippen molar-refractivity contribution in [3.63, 3.8) is 0 Å². The van der Waals surface area contributed by atoms with Gasteiger partial charge in [-0.1, -0.05) is 30.3 Å². The summed E-state index contributed by atoms with van der Waals surface area (Å²) in [5.74, 6) is -0.171. The highest BCUT2D eigenvalue weighted by molar-refractivity contribution is 7.89. The van der Waals surface area contributed by atoms with E-state index in [1.54, 1.807) is 12.1 Å². The molecule has 0 aliphatic carbocycles. The van der Waals surface area contributed by atoms with E-state index in [-0.39, 0.29) is 10.8 Å². The predicted octanol–water partition coefficient (Wildman–Crippen LogP) is 1.31. The molecule has 1 heterocycles. The van der Waals surface area contributed by atoms with Crippen molar-refractivity contribution in [1.82, 2.24) is 9.62 Å². The summed E-state index contributed by atoms with van der Waals surface area (Å²) in [5, 5.41) is 2.92. The van der Waals surface area contributed by atoms with Gasteiger partial charge in [-0.05, 0) is 37.1 Å².